The van der Waals surface area contributed by atoms with E-state index in [2.05, 4.69) is 15.3 Å². The maximum absolute atomic E-state index is 12.1. The Balaban J connectivity index is 1.88. The van der Waals surface area contributed by atoms with Gasteiger partial charge in [0.1, 0.15) is 0 Å². The fraction of sp³-hybridized carbons (Fsp3) is 0.267. The number of benzene rings is 1. The molecular weight excluding hydrogens is 288 g/mol. The van der Waals surface area contributed by atoms with Crippen molar-refractivity contribution in [2.75, 3.05) is 5.73 Å². The molecule has 0 atom stereocenters. The number of halogens is 1. The van der Waals surface area contributed by atoms with Gasteiger partial charge in [0, 0.05) is 11.1 Å². The molecule has 0 unspecified atom stereocenters. The highest BCUT2D eigenvalue weighted by molar-refractivity contribution is 6.32. The number of anilines is 1. The number of amides is 1. The molecule has 1 aliphatic carbocycles. The van der Waals surface area contributed by atoms with Gasteiger partial charge in [0.15, 0.2) is 0 Å². The molecule has 0 saturated heterocycles. The minimum Gasteiger partial charge on any atom is -0.368 e. The van der Waals surface area contributed by atoms with Gasteiger partial charge in [0.25, 0.3) is 5.91 Å². The number of hydrogen-bond acceptors (Lipinski definition) is 4. The quantitative estimate of drug-likeness (QED) is 0.848. The van der Waals surface area contributed by atoms with Crippen LogP contribution < -0.4 is 11.1 Å². The number of rotatable bonds is 1. The molecule has 1 aliphatic heterocycles. The molecule has 2 aromatic rings. The van der Waals surface area contributed by atoms with Crippen molar-refractivity contribution < 1.29 is 4.79 Å². The van der Waals surface area contributed by atoms with E-state index in [-0.39, 0.29) is 17.4 Å². The molecule has 5 nitrogen and oxygen atoms in total. The maximum Gasteiger partial charge on any atom is 0.252 e. The van der Waals surface area contributed by atoms with Gasteiger partial charge in [-0.25, -0.2) is 9.97 Å². The molecule has 1 fully saturated rings. The molecule has 4 rings (SSSR count). The minimum absolute atomic E-state index is 0.00421. The molecule has 1 saturated carbocycles. The van der Waals surface area contributed by atoms with Gasteiger partial charge in [0.05, 0.1) is 22.5 Å². The Morgan fingerprint density at radius 1 is 1.33 bits per heavy atom. The maximum atomic E-state index is 12.1. The van der Waals surface area contributed by atoms with Crippen molar-refractivity contribution in [2.24, 2.45) is 0 Å². The molecule has 3 N–H and O–H groups in total. The predicted molar refractivity (Wildman–Crippen MR) is 79.9 cm³/mol. The number of fused-ring (bicyclic) bond motifs is 2. The second-order valence-electron chi connectivity index (χ2n) is 5.57. The Bertz CT molecular complexity index is 770. The molecule has 106 valence electrons. The first-order valence-corrected chi connectivity index (χ1v) is 7.22. The monoisotopic (exact) mass is 300 g/mol. The van der Waals surface area contributed by atoms with Crippen molar-refractivity contribution >= 4 is 23.5 Å². The largest absolute Gasteiger partial charge is 0.368 e. The molecule has 0 bridgehead atoms. The molecule has 0 radical (unpaired) electrons. The molecule has 2 heterocycles. The fourth-order valence-electron chi connectivity index (χ4n) is 3.15. The highest BCUT2D eigenvalue weighted by Crippen LogP contribution is 2.47. The first-order valence-electron chi connectivity index (χ1n) is 6.84. The molecule has 1 amide bonds. The summed E-state index contributed by atoms with van der Waals surface area (Å²) in [4.78, 5) is 20.1. The number of nitrogens with two attached hydrogens (primary N) is 1. The summed E-state index contributed by atoms with van der Waals surface area (Å²) in [5.74, 6) is 0.187. The van der Waals surface area contributed by atoms with Crippen LogP contribution in [0.4, 0.5) is 5.95 Å². The summed E-state index contributed by atoms with van der Waals surface area (Å²) in [7, 11) is 0. The van der Waals surface area contributed by atoms with E-state index in [1.165, 1.54) is 6.20 Å². The normalized spacial score (nSPS) is 18.2. The van der Waals surface area contributed by atoms with Crippen LogP contribution in [0.5, 0.6) is 0 Å². The van der Waals surface area contributed by atoms with Gasteiger partial charge in [-0.2, -0.15) is 0 Å². The van der Waals surface area contributed by atoms with Crippen LogP contribution >= 0.6 is 11.6 Å². The van der Waals surface area contributed by atoms with Gasteiger partial charge in [-0.05, 0) is 37.0 Å². The third kappa shape index (κ3) is 1.74. The van der Waals surface area contributed by atoms with Crippen molar-refractivity contribution in [1.29, 1.82) is 0 Å². The van der Waals surface area contributed by atoms with Crippen molar-refractivity contribution in [3.8, 4) is 11.3 Å². The van der Waals surface area contributed by atoms with E-state index in [1.807, 2.05) is 18.2 Å². The summed E-state index contributed by atoms with van der Waals surface area (Å²) < 4.78 is 0. The molecule has 21 heavy (non-hydrogen) atoms. The second-order valence-corrected chi connectivity index (χ2v) is 5.98. The summed E-state index contributed by atoms with van der Waals surface area (Å²) in [5.41, 5.74) is 8.70. The zero-order valence-corrected chi connectivity index (χ0v) is 11.9. The first-order chi connectivity index (χ1) is 10.1. The van der Waals surface area contributed by atoms with Crippen LogP contribution in [0.3, 0.4) is 0 Å². The third-order valence-electron chi connectivity index (χ3n) is 4.38. The van der Waals surface area contributed by atoms with Crippen LogP contribution in [0.2, 0.25) is 5.02 Å². The van der Waals surface area contributed by atoms with Gasteiger partial charge in [-0.1, -0.05) is 17.7 Å². The lowest BCUT2D eigenvalue weighted by Crippen LogP contribution is -2.45. The Kier molecular flexibility index (Phi) is 2.50. The summed E-state index contributed by atoms with van der Waals surface area (Å²) >= 11 is 6.17. The summed E-state index contributed by atoms with van der Waals surface area (Å²) in [6, 6.07) is 5.69. The molecular formula is C15H13ClN4O. The van der Waals surface area contributed by atoms with Crippen LogP contribution in [0.25, 0.3) is 11.3 Å². The van der Waals surface area contributed by atoms with E-state index in [4.69, 9.17) is 17.3 Å². The molecule has 1 aromatic carbocycles. The summed E-state index contributed by atoms with van der Waals surface area (Å²) in [6.07, 6.45) is 4.59. The molecule has 1 aromatic heterocycles. The van der Waals surface area contributed by atoms with Crippen LogP contribution in [-0.4, -0.2) is 15.9 Å². The Morgan fingerprint density at radius 2 is 2.14 bits per heavy atom. The second kappa shape index (κ2) is 4.18. The Morgan fingerprint density at radius 3 is 2.86 bits per heavy atom. The fourth-order valence-corrected chi connectivity index (χ4v) is 3.35. The average molecular weight is 301 g/mol. The van der Waals surface area contributed by atoms with Crippen LogP contribution in [0, 0.1) is 0 Å². The highest BCUT2D eigenvalue weighted by atomic mass is 35.5. The number of nitrogens with zero attached hydrogens (tertiary/aromatic N) is 2. The smallest absolute Gasteiger partial charge is 0.252 e. The predicted octanol–water partition coefficient (Wildman–Crippen LogP) is 2.50. The molecule has 1 spiro atoms. The third-order valence-corrected chi connectivity index (χ3v) is 4.65. The standard InChI is InChI=1S/C15H13ClN4O/c16-11-7-18-14(17)19-12(11)8-2-3-9-10(6-8)15(4-1-5-15)20-13(9)21/h2-3,6-7H,1,4-5H2,(H,20,21)(H2,17,18,19). The number of carbonyl (C=O) groups excluding carboxylic acids is 1. The van der Waals surface area contributed by atoms with Crippen molar-refractivity contribution in [3.63, 3.8) is 0 Å². The van der Waals surface area contributed by atoms with Crippen LogP contribution in [0.15, 0.2) is 24.4 Å². The minimum atomic E-state index is -0.187. The molecule has 6 heteroatoms. The van der Waals surface area contributed by atoms with Crippen molar-refractivity contribution in [1.82, 2.24) is 15.3 Å². The number of aromatic nitrogens is 2. The average Bonchev–Trinajstić information content (AvgIpc) is 2.74. The van der Waals surface area contributed by atoms with E-state index in [0.717, 1.165) is 36.0 Å². The zero-order chi connectivity index (χ0) is 14.6. The van der Waals surface area contributed by atoms with E-state index in [9.17, 15) is 4.79 Å². The van der Waals surface area contributed by atoms with E-state index in [0.29, 0.717) is 10.7 Å². The number of nitrogens with one attached hydrogen (secondary N) is 1. The lowest BCUT2D eigenvalue weighted by molar-refractivity contribution is 0.0880. The van der Waals surface area contributed by atoms with Gasteiger partial charge < -0.3 is 11.1 Å². The lowest BCUT2D eigenvalue weighted by Gasteiger charge is -2.39. The van der Waals surface area contributed by atoms with Gasteiger partial charge >= 0.3 is 0 Å². The van der Waals surface area contributed by atoms with Crippen molar-refractivity contribution in [2.45, 2.75) is 24.8 Å². The Labute approximate surface area is 126 Å². The number of nitrogen functional groups attached to an aromatic ring is 1. The van der Waals surface area contributed by atoms with E-state index in [1.54, 1.807) is 0 Å². The summed E-state index contributed by atoms with van der Waals surface area (Å²) in [5, 5.41) is 3.56. The Hall–Kier alpha value is -2.14. The lowest BCUT2D eigenvalue weighted by atomic mass is 9.72. The highest BCUT2D eigenvalue weighted by Gasteiger charge is 2.47. The summed E-state index contributed by atoms with van der Waals surface area (Å²) in [6.45, 7) is 0. The first kappa shape index (κ1) is 12.6. The topological polar surface area (TPSA) is 80.9 Å². The molecule has 2 aliphatic rings. The van der Waals surface area contributed by atoms with Gasteiger partial charge in [-0.3, -0.25) is 4.79 Å². The number of carbonyl (C=O) groups is 1. The SMILES string of the molecule is Nc1ncc(Cl)c(-c2ccc3c(c2)C2(CCC2)NC3=O)n1. The van der Waals surface area contributed by atoms with Crippen LogP contribution in [0.1, 0.15) is 35.2 Å². The van der Waals surface area contributed by atoms with E-state index >= 15 is 0 Å². The van der Waals surface area contributed by atoms with Gasteiger partial charge in [-0.15, -0.1) is 0 Å². The zero-order valence-electron chi connectivity index (χ0n) is 11.2. The van der Waals surface area contributed by atoms with Crippen LogP contribution in [-0.2, 0) is 5.54 Å². The number of hydrogen-bond donors (Lipinski definition) is 2. The van der Waals surface area contributed by atoms with E-state index < -0.39 is 0 Å². The van der Waals surface area contributed by atoms with Crippen molar-refractivity contribution in [3.05, 3.63) is 40.5 Å². The van der Waals surface area contributed by atoms with Gasteiger partial charge in [0.2, 0.25) is 5.95 Å².